The van der Waals surface area contributed by atoms with Crippen molar-refractivity contribution < 1.29 is 24.2 Å². The van der Waals surface area contributed by atoms with Crippen LogP contribution in [-0.4, -0.2) is 63.6 Å². The molecule has 0 bridgehead atoms. The number of benzene rings is 1. The number of carbonyl (C=O) groups excluding carboxylic acids is 3. The zero-order valence-electron chi connectivity index (χ0n) is 21.7. The molecule has 2 unspecified atom stereocenters. The normalized spacial score (nSPS) is 13.5. The largest absolute Gasteiger partial charge is 0.508 e. The van der Waals surface area contributed by atoms with Gasteiger partial charge in [-0.2, -0.15) is 11.8 Å². The number of alkyl carbamates (subject to hydrolysis) is 1. The van der Waals surface area contributed by atoms with E-state index >= 15 is 0 Å². The van der Waals surface area contributed by atoms with Crippen LogP contribution < -0.4 is 10.6 Å². The fourth-order valence-electron chi connectivity index (χ4n) is 3.36. The number of rotatable bonds is 10. The first-order valence-corrected chi connectivity index (χ1v) is 13.0. The number of thioether (sulfide) groups is 1. The second-order valence-electron chi connectivity index (χ2n) is 10.2. The van der Waals surface area contributed by atoms with Crippen LogP contribution in [0.1, 0.15) is 72.9 Å². The first-order valence-electron chi connectivity index (χ1n) is 11.6. The summed E-state index contributed by atoms with van der Waals surface area (Å²) in [5, 5.41) is 15.7. The number of hydrogen-bond donors (Lipinski definition) is 3. The predicted octanol–water partition coefficient (Wildman–Crippen LogP) is 4.23. The van der Waals surface area contributed by atoms with Gasteiger partial charge in [0.2, 0.25) is 11.8 Å². The summed E-state index contributed by atoms with van der Waals surface area (Å²) in [7, 11) is 0. The van der Waals surface area contributed by atoms with Gasteiger partial charge in [0.1, 0.15) is 23.4 Å². The van der Waals surface area contributed by atoms with E-state index < -0.39 is 29.3 Å². The summed E-state index contributed by atoms with van der Waals surface area (Å²) in [6, 6.07) is 4.51. The molecule has 0 heterocycles. The minimum atomic E-state index is -0.976. The number of nitrogens with one attached hydrogen (secondary N) is 2. The third-order valence-corrected chi connectivity index (χ3v) is 5.24. The van der Waals surface area contributed by atoms with Crippen LogP contribution in [-0.2, 0) is 14.3 Å². The quantitative estimate of drug-likeness (QED) is 0.448. The SMILES string of the molecule is CCCN(C(=O)C(CCSC)NC(=O)OC(C)(C)C)C(C(=O)NC(C)(C)C)c1cccc(O)c1. The second-order valence-corrected chi connectivity index (χ2v) is 11.2. The lowest BCUT2D eigenvalue weighted by Gasteiger charge is -2.36. The van der Waals surface area contributed by atoms with Gasteiger partial charge in [-0.25, -0.2) is 4.79 Å². The van der Waals surface area contributed by atoms with Crippen LogP contribution >= 0.6 is 11.8 Å². The third kappa shape index (κ3) is 10.2. The van der Waals surface area contributed by atoms with Crippen LogP contribution in [0.5, 0.6) is 5.75 Å². The highest BCUT2D eigenvalue weighted by Gasteiger charge is 2.36. The average Bonchev–Trinajstić information content (AvgIpc) is 2.67. The molecule has 2 atom stereocenters. The van der Waals surface area contributed by atoms with Gasteiger partial charge in [-0.1, -0.05) is 19.1 Å². The Morgan fingerprint density at radius 2 is 1.79 bits per heavy atom. The maximum absolute atomic E-state index is 13.8. The number of carbonyl (C=O) groups is 3. The Hall–Kier alpha value is -2.42. The molecule has 0 aliphatic rings. The van der Waals surface area contributed by atoms with Crippen LogP contribution in [0.25, 0.3) is 0 Å². The maximum atomic E-state index is 13.8. The number of phenolic OH excluding ortho intramolecular Hbond substituents is 1. The van der Waals surface area contributed by atoms with Crippen molar-refractivity contribution in [2.45, 2.75) is 84.5 Å². The van der Waals surface area contributed by atoms with Gasteiger partial charge in [0.15, 0.2) is 0 Å². The molecule has 0 saturated heterocycles. The van der Waals surface area contributed by atoms with Crippen molar-refractivity contribution in [3.63, 3.8) is 0 Å². The Morgan fingerprint density at radius 1 is 1.15 bits per heavy atom. The van der Waals surface area contributed by atoms with E-state index in [4.69, 9.17) is 4.74 Å². The third-order valence-electron chi connectivity index (χ3n) is 4.59. The Balaban J connectivity index is 3.42. The summed E-state index contributed by atoms with van der Waals surface area (Å²) in [6.45, 7) is 13.1. The van der Waals surface area contributed by atoms with Gasteiger partial charge in [0.05, 0.1) is 0 Å². The van der Waals surface area contributed by atoms with Crippen molar-refractivity contribution in [3.05, 3.63) is 29.8 Å². The van der Waals surface area contributed by atoms with E-state index in [9.17, 15) is 19.5 Å². The van der Waals surface area contributed by atoms with E-state index in [1.54, 1.807) is 44.7 Å². The Morgan fingerprint density at radius 3 is 2.29 bits per heavy atom. The minimum absolute atomic E-state index is 0.000712. The van der Waals surface area contributed by atoms with Gasteiger partial charge in [0.25, 0.3) is 0 Å². The average molecular weight is 496 g/mol. The highest BCUT2D eigenvalue weighted by atomic mass is 32.2. The predicted molar refractivity (Wildman–Crippen MR) is 137 cm³/mol. The fourth-order valence-corrected chi connectivity index (χ4v) is 3.83. The molecule has 9 heteroatoms. The Bertz CT molecular complexity index is 833. The van der Waals surface area contributed by atoms with Crippen molar-refractivity contribution in [2.75, 3.05) is 18.6 Å². The number of nitrogens with zero attached hydrogens (tertiary/aromatic N) is 1. The van der Waals surface area contributed by atoms with Gasteiger partial charge in [-0.15, -0.1) is 0 Å². The topological polar surface area (TPSA) is 108 Å². The summed E-state index contributed by atoms with van der Waals surface area (Å²) >= 11 is 1.56. The van der Waals surface area contributed by atoms with Gasteiger partial charge in [-0.05, 0) is 84.1 Å². The van der Waals surface area contributed by atoms with Crippen LogP contribution in [0.2, 0.25) is 0 Å². The van der Waals surface area contributed by atoms with Gasteiger partial charge in [0, 0.05) is 12.1 Å². The van der Waals surface area contributed by atoms with E-state index in [1.807, 2.05) is 34.0 Å². The minimum Gasteiger partial charge on any atom is -0.508 e. The van der Waals surface area contributed by atoms with Crippen molar-refractivity contribution in [3.8, 4) is 5.75 Å². The van der Waals surface area contributed by atoms with Crippen LogP contribution in [0.15, 0.2) is 24.3 Å². The lowest BCUT2D eigenvalue weighted by molar-refractivity contribution is -0.143. The van der Waals surface area contributed by atoms with Gasteiger partial charge in [-0.3, -0.25) is 9.59 Å². The zero-order valence-corrected chi connectivity index (χ0v) is 22.5. The molecule has 192 valence electrons. The molecule has 1 aromatic rings. The van der Waals surface area contributed by atoms with Crippen molar-refractivity contribution in [1.82, 2.24) is 15.5 Å². The van der Waals surface area contributed by atoms with E-state index in [1.165, 1.54) is 17.0 Å². The standard InChI is InChI=1S/C25H41N3O5S/c1-9-14-28(22(31)19(13-15-34-8)26-23(32)33-25(5,6)7)20(21(30)27-24(2,3)4)17-11-10-12-18(29)16-17/h10-12,16,19-20,29H,9,13-15H2,1-8H3,(H,26,32)(H,27,30). The second kappa shape index (κ2) is 12.9. The molecule has 0 aliphatic heterocycles. The van der Waals surface area contributed by atoms with E-state index in [0.717, 1.165) is 0 Å². The van der Waals surface area contributed by atoms with Crippen LogP contribution in [0.4, 0.5) is 4.79 Å². The molecule has 0 spiro atoms. The lowest BCUT2D eigenvalue weighted by atomic mass is 10.00. The van der Waals surface area contributed by atoms with Crippen LogP contribution in [0, 0.1) is 0 Å². The lowest BCUT2D eigenvalue weighted by Crippen LogP contribution is -2.55. The van der Waals surface area contributed by atoms with Crippen molar-refractivity contribution in [2.24, 2.45) is 0 Å². The molecule has 0 fully saturated rings. The highest BCUT2D eigenvalue weighted by Crippen LogP contribution is 2.27. The fraction of sp³-hybridized carbons (Fsp3) is 0.640. The maximum Gasteiger partial charge on any atom is 0.408 e. The smallest absolute Gasteiger partial charge is 0.408 e. The molecule has 1 rings (SSSR count). The molecule has 34 heavy (non-hydrogen) atoms. The Labute approximate surface area is 208 Å². The molecule has 0 aromatic heterocycles. The number of amides is 3. The highest BCUT2D eigenvalue weighted by molar-refractivity contribution is 7.98. The van der Waals surface area contributed by atoms with E-state index in [2.05, 4.69) is 10.6 Å². The van der Waals surface area contributed by atoms with Crippen molar-refractivity contribution in [1.29, 1.82) is 0 Å². The zero-order chi connectivity index (χ0) is 26.1. The summed E-state index contributed by atoms with van der Waals surface area (Å²) in [4.78, 5) is 41.2. The first kappa shape index (κ1) is 29.6. The summed E-state index contributed by atoms with van der Waals surface area (Å²) in [5.74, 6) is -0.0994. The number of phenols is 1. The van der Waals surface area contributed by atoms with E-state index in [0.29, 0.717) is 30.7 Å². The first-order chi connectivity index (χ1) is 15.7. The summed E-state index contributed by atoms with van der Waals surface area (Å²) < 4.78 is 5.37. The molecular formula is C25H41N3O5S. The molecule has 3 amide bonds. The molecular weight excluding hydrogens is 454 g/mol. The summed E-state index contributed by atoms with van der Waals surface area (Å²) in [5.41, 5.74) is -0.749. The summed E-state index contributed by atoms with van der Waals surface area (Å²) in [6.07, 6.45) is 2.22. The number of aromatic hydroxyl groups is 1. The molecule has 8 nitrogen and oxygen atoms in total. The van der Waals surface area contributed by atoms with E-state index in [-0.39, 0.29) is 17.6 Å². The van der Waals surface area contributed by atoms with Gasteiger partial charge < -0.3 is 25.4 Å². The molecule has 1 aromatic carbocycles. The van der Waals surface area contributed by atoms with Crippen molar-refractivity contribution >= 4 is 29.7 Å². The monoisotopic (exact) mass is 495 g/mol. The molecule has 0 saturated carbocycles. The van der Waals surface area contributed by atoms with Gasteiger partial charge >= 0.3 is 6.09 Å². The molecule has 0 aliphatic carbocycles. The molecule has 0 radical (unpaired) electrons. The Kier molecular flexibility index (Phi) is 11.2. The molecule has 3 N–H and O–H groups in total. The number of ether oxygens (including phenoxy) is 1. The van der Waals surface area contributed by atoms with Crippen LogP contribution in [0.3, 0.4) is 0 Å². The number of hydrogen-bond acceptors (Lipinski definition) is 6.